The number of carbonyl (C=O) groups is 1. The zero-order valence-corrected chi connectivity index (χ0v) is 33.0. The second kappa shape index (κ2) is 18.8. The molecule has 0 aromatic heterocycles. The summed E-state index contributed by atoms with van der Waals surface area (Å²) < 4.78 is 42.6. The third-order valence-corrected chi connectivity index (χ3v) is 11.7. The van der Waals surface area contributed by atoms with Gasteiger partial charge in [0.15, 0.2) is 6.29 Å². The Morgan fingerprint density at radius 2 is 1.52 bits per heavy atom. The Bertz CT molecular complexity index is 2160. The predicted molar refractivity (Wildman–Crippen MR) is 220 cm³/mol. The van der Waals surface area contributed by atoms with Gasteiger partial charge in [-0.05, 0) is 72.0 Å². The first kappa shape index (κ1) is 40.7. The van der Waals surface area contributed by atoms with E-state index in [4.69, 9.17) is 9.47 Å². The number of hydrogen-bond acceptors (Lipinski definition) is 7. The van der Waals surface area contributed by atoms with Crippen LogP contribution in [0.25, 0.3) is 11.1 Å². The number of nitrogens with zero attached hydrogens (tertiary/aromatic N) is 1. The monoisotopic (exact) mass is 773 g/mol. The quantitative estimate of drug-likeness (QED) is 0.0904. The van der Waals surface area contributed by atoms with Crippen molar-refractivity contribution in [3.8, 4) is 11.1 Å². The Morgan fingerprint density at radius 3 is 2.20 bits per heavy atom. The van der Waals surface area contributed by atoms with Crippen molar-refractivity contribution in [2.45, 2.75) is 62.9 Å². The van der Waals surface area contributed by atoms with E-state index in [0.717, 1.165) is 51.1 Å². The van der Waals surface area contributed by atoms with Gasteiger partial charge >= 0.3 is 0 Å². The van der Waals surface area contributed by atoms with Crippen LogP contribution in [0.5, 0.6) is 0 Å². The first-order valence-electron chi connectivity index (χ1n) is 18.9. The lowest BCUT2D eigenvalue weighted by atomic mass is 9.90. The summed E-state index contributed by atoms with van der Waals surface area (Å²) in [7, 11) is -1.90. The first-order chi connectivity index (χ1) is 27.0. The summed E-state index contributed by atoms with van der Waals surface area (Å²) in [5, 5.41) is 12.5. The highest BCUT2D eigenvalue weighted by molar-refractivity contribution is 7.89. The van der Waals surface area contributed by atoms with Gasteiger partial charge in [-0.15, -0.1) is 6.58 Å². The van der Waals surface area contributed by atoms with Crippen molar-refractivity contribution >= 4 is 15.9 Å². The highest BCUT2D eigenvalue weighted by atomic mass is 32.2. The smallest absolute Gasteiger partial charge is 0.241 e. The fourth-order valence-electron chi connectivity index (χ4n) is 6.95. The minimum atomic E-state index is -3.96. The number of carbonyl (C=O) groups excluding carboxylic acids is 1. The van der Waals surface area contributed by atoms with Crippen molar-refractivity contribution < 1.29 is 27.8 Å². The van der Waals surface area contributed by atoms with Crippen LogP contribution in [0.3, 0.4) is 0 Å². The number of rotatable bonds is 16. The van der Waals surface area contributed by atoms with Crippen LogP contribution < -0.4 is 10.0 Å². The summed E-state index contributed by atoms with van der Waals surface area (Å²) in [6, 6.07) is 38.8. The molecule has 10 heteroatoms. The summed E-state index contributed by atoms with van der Waals surface area (Å²) in [6.07, 6.45) is 1.19. The third kappa shape index (κ3) is 10.5. The van der Waals surface area contributed by atoms with Crippen LogP contribution in [-0.2, 0) is 43.9 Å². The topological polar surface area (TPSA) is 117 Å². The molecule has 5 atom stereocenters. The number of aliphatic hydroxyl groups excluding tert-OH is 1. The number of sulfonamides is 1. The first-order valence-corrected chi connectivity index (χ1v) is 20.4. The van der Waals surface area contributed by atoms with Gasteiger partial charge in [-0.25, -0.2) is 8.42 Å². The molecule has 5 aromatic rings. The lowest BCUT2D eigenvalue weighted by Crippen LogP contribution is -2.47. The highest BCUT2D eigenvalue weighted by Crippen LogP contribution is 2.42. The Labute approximate surface area is 331 Å². The van der Waals surface area contributed by atoms with Crippen LogP contribution in [0.2, 0.25) is 0 Å². The summed E-state index contributed by atoms with van der Waals surface area (Å²) in [4.78, 5) is 15.9. The van der Waals surface area contributed by atoms with Crippen molar-refractivity contribution in [2.24, 2.45) is 5.92 Å². The number of amides is 1. The maximum absolute atomic E-state index is 13.6. The van der Waals surface area contributed by atoms with E-state index < -0.39 is 28.3 Å². The predicted octanol–water partition coefficient (Wildman–Crippen LogP) is 7.27. The van der Waals surface area contributed by atoms with E-state index in [9.17, 15) is 18.3 Å². The van der Waals surface area contributed by atoms with Crippen LogP contribution in [0.1, 0.15) is 52.7 Å². The molecule has 3 N–H and O–H groups in total. The Morgan fingerprint density at radius 1 is 0.839 bits per heavy atom. The molecule has 6 rings (SSSR count). The molecule has 0 saturated carbocycles. The van der Waals surface area contributed by atoms with Gasteiger partial charge in [-0.1, -0.05) is 128 Å². The Kier molecular flexibility index (Phi) is 13.7. The largest absolute Gasteiger partial charge is 0.392 e. The van der Waals surface area contributed by atoms with E-state index in [1.165, 1.54) is 0 Å². The Balaban J connectivity index is 1.15. The number of aliphatic hydroxyl groups is 1. The normalized spacial score (nSPS) is 19.0. The van der Waals surface area contributed by atoms with Crippen LogP contribution in [0.15, 0.2) is 145 Å². The zero-order valence-electron chi connectivity index (χ0n) is 32.2. The molecule has 1 fully saturated rings. The molecule has 1 aliphatic heterocycles. The number of nitrogens with one attached hydrogen (secondary N) is 2. The molecule has 0 aliphatic carbocycles. The van der Waals surface area contributed by atoms with E-state index in [2.05, 4.69) is 35.5 Å². The van der Waals surface area contributed by atoms with Crippen molar-refractivity contribution in [1.29, 1.82) is 0 Å². The van der Waals surface area contributed by atoms with Crippen LogP contribution in [-0.4, -0.2) is 56.6 Å². The van der Waals surface area contributed by atoms with Gasteiger partial charge in [-0.2, -0.15) is 4.72 Å². The Hall–Kier alpha value is -4.94. The maximum atomic E-state index is 13.6. The molecule has 0 spiro atoms. The molecule has 292 valence electrons. The number of ether oxygens (including phenoxy) is 2. The molecular formula is C46H51N3O6S. The molecule has 9 nitrogen and oxygen atoms in total. The van der Waals surface area contributed by atoms with Gasteiger partial charge in [0.05, 0.1) is 23.7 Å². The van der Waals surface area contributed by atoms with Crippen molar-refractivity contribution in [3.63, 3.8) is 0 Å². The van der Waals surface area contributed by atoms with E-state index in [1.54, 1.807) is 24.3 Å². The molecule has 1 amide bonds. The minimum absolute atomic E-state index is 0.0138. The SMILES string of the molecule is C=CCN(C)C[C@H]1O[C@@H](c2ccc(-c3cccc(CNC(=O)[C@@H](Cc4ccccc4)NS(=O)(=O)c4ccc(C)cc4)c3)cc2)O[C@@H](c2ccc(CO)cc2)[C@H]1C. The number of benzene rings is 5. The van der Waals surface area contributed by atoms with Crippen molar-refractivity contribution in [2.75, 3.05) is 20.1 Å². The van der Waals surface area contributed by atoms with Crippen LogP contribution in [0, 0.1) is 12.8 Å². The van der Waals surface area contributed by atoms with E-state index in [-0.39, 0.29) is 42.6 Å². The van der Waals surface area contributed by atoms with Gasteiger partial charge < -0.3 is 24.8 Å². The summed E-state index contributed by atoms with van der Waals surface area (Å²) in [5.74, 6) is -0.347. The molecule has 1 heterocycles. The molecular weight excluding hydrogens is 723 g/mol. The second-order valence-electron chi connectivity index (χ2n) is 14.5. The van der Waals surface area contributed by atoms with Crippen LogP contribution in [0.4, 0.5) is 0 Å². The molecule has 0 bridgehead atoms. The summed E-state index contributed by atoms with van der Waals surface area (Å²) in [5.41, 5.74) is 7.38. The number of aryl methyl sites for hydroxylation is 1. The summed E-state index contributed by atoms with van der Waals surface area (Å²) >= 11 is 0. The third-order valence-electron chi connectivity index (χ3n) is 10.2. The fourth-order valence-corrected chi connectivity index (χ4v) is 8.14. The van der Waals surface area contributed by atoms with Crippen LogP contribution >= 0.6 is 0 Å². The van der Waals surface area contributed by atoms with Gasteiger partial charge in [0.2, 0.25) is 15.9 Å². The standard InChI is InChI=1S/C46H51N3O6S/c1-5-26-49(4)30-43-33(3)44(38-18-16-35(31-50)17-19-38)55-46(54-43)39-22-20-37(21-23-39)40-13-9-12-36(27-40)29-47-45(51)42(28-34-10-7-6-8-11-34)48-56(52,53)41-24-14-32(2)15-25-41/h5-25,27,33,42-44,46,48,50H,1,26,28-31H2,2-4H3,(H,47,51)/t33-,42+,43+,44+,46+/m0/s1. The average Bonchev–Trinajstić information content (AvgIpc) is 3.21. The fraction of sp³-hybridized carbons (Fsp3) is 0.283. The van der Waals surface area contributed by atoms with Crippen molar-refractivity contribution in [1.82, 2.24) is 14.9 Å². The molecule has 5 aromatic carbocycles. The molecule has 1 saturated heterocycles. The molecule has 0 radical (unpaired) electrons. The lowest BCUT2D eigenvalue weighted by molar-refractivity contribution is -0.275. The minimum Gasteiger partial charge on any atom is -0.392 e. The second-order valence-corrected chi connectivity index (χ2v) is 16.3. The van der Waals surface area contributed by atoms with Gasteiger partial charge in [0.1, 0.15) is 6.04 Å². The number of likely N-dealkylation sites (N-methyl/N-ethyl adjacent to an activating group) is 1. The molecule has 0 unspecified atom stereocenters. The van der Waals surface area contributed by atoms with E-state index in [1.807, 2.05) is 116 Å². The van der Waals surface area contributed by atoms with E-state index in [0.29, 0.717) is 6.54 Å². The van der Waals surface area contributed by atoms with Gasteiger partial charge in [0.25, 0.3) is 0 Å². The lowest BCUT2D eigenvalue weighted by Gasteiger charge is -2.42. The number of hydrogen-bond donors (Lipinski definition) is 3. The van der Waals surface area contributed by atoms with E-state index >= 15 is 0 Å². The van der Waals surface area contributed by atoms with Gasteiger partial charge in [0, 0.05) is 31.1 Å². The highest BCUT2D eigenvalue weighted by Gasteiger charge is 2.38. The van der Waals surface area contributed by atoms with Gasteiger partial charge in [-0.3, -0.25) is 4.79 Å². The molecule has 1 aliphatic rings. The zero-order chi connectivity index (χ0) is 39.7. The average molecular weight is 774 g/mol. The molecule has 56 heavy (non-hydrogen) atoms. The van der Waals surface area contributed by atoms with Crippen molar-refractivity contribution in [3.05, 3.63) is 173 Å². The maximum Gasteiger partial charge on any atom is 0.241 e. The summed E-state index contributed by atoms with van der Waals surface area (Å²) in [6.45, 7) is 9.58.